The van der Waals surface area contributed by atoms with Crippen LogP contribution >= 0.6 is 0 Å². The molecule has 2 nitrogen and oxygen atoms in total. The van der Waals surface area contributed by atoms with E-state index in [1.807, 2.05) is 13.8 Å². The molecule has 0 radical (unpaired) electrons. The summed E-state index contributed by atoms with van der Waals surface area (Å²) in [6.07, 6.45) is -2.40. The Hall–Kier alpha value is -1.16. The first-order valence-electron chi connectivity index (χ1n) is 5.43. The third-order valence-electron chi connectivity index (χ3n) is 2.23. The van der Waals surface area contributed by atoms with Crippen LogP contribution in [0.1, 0.15) is 25.5 Å². The van der Waals surface area contributed by atoms with Crippen molar-refractivity contribution in [1.82, 2.24) is 5.32 Å². The van der Waals surface area contributed by atoms with Crippen molar-refractivity contribution in [3.8, 4) is 5.75 Å². The summed E-state index contributed by atoms with van der Waals surface area (Å²) in [6.45, 7) is 4.78. The zero-order chi connectivity index (χ0) is 12.0. The van der Waals surface area contributed by atoms with Gasteiger partial charge < -0.3 is 10.1 Å². The Morgan fingerprint density at radius 3 is 2.25 bits per heavy atom. The molecule has 1 atom stereocenters. The number of hydrogen-bond acceptors (Lipinski definition) is 2. The van der Waals surface area contributed by atoms with E-state index in [9.17, 15) is 8.78 Å². The lowest BCUT2D eigenvalue weighted by Gasteiger charge is -2.17. The molecule has 0 saturated carbocycles. The summed E-state index contributed by atoms with van der Waals surface area (Å²) >= 11 is 0. The second-order valence-electron chi connectivity index (χ2n) is 3.37. The summed E-state index contributed by atoms with van der Waals surface area (Å²) in [5.74, 6) is 0.704. The molecule has 90 valence electrons. The van der Waals surface area contributed by atoms with Crippen molar-refractivity contribution >= 4 is 0 Å². The molecule has 1 rings (SSSR count). The first-order valence-corrected chi connectivity index (χ1v) is 5.43. The van der Waals surface area contributed by atoms with Crippen LogP contribution < -0.4 is 10.1 Å². The third kappa shape index (κ3) is 3.45. The second kappa shape index (κ2) is 6.43. The fraction of sp³-hybridized carbons (Fsp3) is 0.500. The van der Waals surface area contributed by atoms with Gasteiger partial charge in [0.05, 0.1) is 12.6 Å². The van der Waals surface area contributed by atoms with Gasteiger partial charge in [0, 0.05) is 0 Å². The SMILES string of the molecule is CCNC(c1ccc(OCC)cc1)C(F)F. The minimum absolute atomic E-state index is 0.516. The monoisotopic (exact) mass is 229 g/mol. The highest BCUT2D eigenvalue weighted by atomic mass is 19.3. The highest BCUT2D eigenvalue weighted by molar-refractivity contribution is 5.29. The van der Waals surface area contributed by atoms with Crippen LogP contribution in [0.25, 0.3) is 0 Å². The van der Waals surface area contributed by atoms with E-state index in [1.54, 1.807) is 24.3 Å². The van der Waals surface area contributed by atoms with Crippen LogP contribution in [0.2, 0.25) is 0 Å². The Labute approximate surface area is 94.6 Å². The van der Waals surface area contributed by atoms with Crippen LogP contribution in [0.4, 0.5) is 8.78 Å². The predicted molar refractivity (Wildman–Crippen MR) is 60.0 cm³/mol. The van der Waals surface area contributed by atoms with E-state index < -0.39 is 12.5 Å². The topological polar surface area (TPSA) is 21.3 Å². The fourth-order valence-electron chi connectivity index (χ4n) is 1.51. The number of halogens is 2. The summed E-state index contributed by atoms with van der Waals surface area (Å²) in [5.41, 5.74) is 0.584. The van der Waals surface area contributed by atoms with Crippen molar-refractivity contribution in [2.24, 2.45) is 0 Å². The van der Waals surface area contributed by atoms with Crippen LogP contribution in [0.3, 0.4) is 0 Å². The van der Waals surface area contributed by atoms with Crippen LogP contribution in [0.15, 0.2) is 24.3 Å². The standard InChI is InChI=1S/C12H17F2NO/c1-3-15-11(12(13)14)9-5-7-10(8-6-9)16-4-2/h5-8,11-12,15H,3-4H2,1-2H3. The molecule has 0 saturated heterocycles. The largest absolute Gasteiger partial charge is 0.494 e. The summed E-state index contributed by atoms with van der Waals surface area (Å²) in [7, 11) is 0. The maximum Gasteiger partial charge on any atom is 0.257 e. The molecule has 1 aromatic rings. The van der Waals surface area contributed by atoms with Crippen LogP contribution in [0, 0.1) is 0 Å². The van der Waals surface area contributed by atoms with Gasteiger partial charge in [-0.1, -0.05) is 19.1 Å². The summed E-state index contributed by atoms with van der Waals surface area (Å²) < 4.78 is 30.7. The lowest BCUT2D eigenvalue weighted by atomic mass is 10.1. The second-order valence-corrected chi connectivity index (χ2v) is 3.37. The average molecular weight is 229 g/mol. The van der Waals surface area contributed by atoms with Gasteiger partial charge in [0.2, 0.25) is 0 Å². The normalized spacial score (nSPS) is 12.8. The first kappa shape index (κ1) is 12.9. The molecule has 0 heterocycles. The molecule has 0 fully saturated rings. The fourth-order valence-corrected chi connectivity index (χ4v) is 1.51. The van der Waals surface area contributed by atoms with E-state index >= 15 is 0 Å². The van der Waals surface area contributed by atoms with E-state index in [0.29, 0.717) is 24.5 Å². The molecule has 0 spiro atoms. The molecule has 4 heteroatoms. The number of alkyl halides is 2. The van der Waals surface area contributed by atoms with Gasteiger partial charge >= 0.3 is 0 Å². The van der Waals surface area contributed by atoms with Gasteiger partial charge in [-0.25, -0.2) is 8.78 Å². The predicted octanol–water partition coefficient (Wildman–Crippen LogP) is 3.00. The minimum atomic E-state index is -2.40. The first-order chi connectivity index (χ1) is 7.69. The van der Waals surface area contributed by atoms with Gasteiger partial charge in [0.25, 0.3) is 6.43 Å². The lowest BCUT2D eigenvalue weighted by molar-refractivity contribution is 0.0992. The minimum Gasteiger partial charge on any atom is -0.494 e. The Morgan fingerprint density at radius 1 is 1.19 bits per heavy atom. The van der Waals surface area contributed by atoms with Crippen molar-refractivity contribution in [2.75, 3.05) is 13.2 Å². The lowest BCUT2D eigenvalue weighted by Crippen LogP contribution is -2.26. The Balaban J connectivity index is 2.77. The molecule has 1 aromatic carbocycles. The molecule has 0 amide bonds. The van der Waals surface area contributed by atoms with Crippen molar-refractivity contribution < 1.29 is 13.5 Å². The number of ether oxygens (including phenoxy) is 1. The average Bonchev–Trinajstić information content (AvgIpc) is 2.27. The number of rotatable bonds is 6. The Bertz CT molecular complexity index is 300. The van der Waals surface area contributed by atoms with Gasteiger partial charge in [-0.3, -0.25) is 0 Å². The van der Waals surface area contributed by atoms with E-state index in [1.165, 1.54) is 0 Å². The van der Waals surface area contributed by atoms with Crippen molar-refractivity contribution in [3.63, 3.8) is 0 Å². The molecule has 1 unspecified atom stereocenters. The number of nitrogens with one attached hydrogen (secondary N) is 1. The highest BCUT2D eigenvalue weighted by Gasteiger charge is 2.20. The quantitative estimate of drug-likeness (QED) is 0.809. The third-order valence-corrected chi connectivity index (χ3v) is 2.23. The van der Waals surface area contributed by atoms with E-state index in [4.69, 9.17) is 4.74 Å². The van der Waals surface area contributed by atoms with Crippen molar-refractivity contribution in [1.29, 1.82) is 0 Å². The zero-order valence-corrected chi connectivity index (χ0v) is 9.54. The molecule has 0 aliphatic carbocycles. The van der Waals surface area contributed by atoms with Gasteiger partial charge in [0.1, 0.15) is 5.75 Å². The molecular weight excluding hydrogens is 212 g/mol. The molecule has 0 aliphatic rings. The molecule has 16 heavy (non-hydrogen) atoms. The van der Waals surface area contributed by atoms with Crippen LogP contribution in [0.5, 0.6) is 5.75 Å². The summed E-state index contributed by atoms with van der Waals surface area (Å²) in [4.78, 5) is 0. The molecule has 1 N–H and O–H groups in total. The van der Waals surface area contributed by atoms with Crippen molar-refractivity contribution in [3.05, 3.63) is 29.8 Å². The molecular formula is C12H17F2NO. The van der Waals surface area contributed by atoms with Crippen LogP contribution in [-0.4, -0.2) is 19.6 Å². The zero-order valence-electron chi connectivity index (χ0n) is 9.54. The molecule has 0 aliphatic heterocycles. The number of benzene rings is 1. The van der Waals surface area contributed by atoms with E-state index in [0.717, 1.165) is 0 Å². The van der Waals surface area contributed by atoms with Crippen LogP contribution in [-0.2, 0) is 0 Å². The molecule has 0 aromatic heterocycles. The Kier molecular flexibility index (Phi) is 5.19. The van der Waals surface area contributed by atoms with E-state index in [2.05, 4.69) is 5.32 Å². The number of hydrogen-bond donors (Lipinski definition) is 1. The van der Waals surface area contributed by atoms with Gasteiger partial charge in [-0.05, 0) is 31.2 Å². The highest BCUT2D eigenvalue weighted by Crippen LogP contribution is 2.22. The van der Waals surface area contributed by atoms with Gasteiger partial charge in [-0.2, -0.15) is 0 Å². The Morgan fingerprint density at radius 2 is 1.81 bits per heavy atom. The van der Waals surface area contributed by atoms with Gasteiger partial charge in [0.15, 0.2) is 0 Å². The van der Waals surface area contributed by atoms with Gasteiger partial charge in [-0.15, -0.1) is 0 Å². The summed E-state index contributed by atoms with van der Waals surface area (Å²) in [6, 6.07) is 5.87. The maximum absolute atomic E-state index is 12.7. The molecule has 0 bridgehead atoms. The van der Waals surface area contributed by atoms with E-state index in [-0.39, 0.29) is 0 Å². The maximum atomic E-state index is 12.7. The van der Waals surface area contributed by atoms with Crippen molar-refractivity contribution in [2.45, 2.75) is 26.3 Å². The summed E-state index contributed by atoms with van der Waals surface area (Å²) in [5, 5.41) is 2.76. The smallest absolute Gasteiger partial charge is 0.257 e.